The third-order valence-corrected chi connectivity index (χ3v) is 5.47. The summed E-state index contributed by atoms with van der Waals surface area (Å²) in [4.78, 5) is 21.4. The number of rotatable bonds is 8. The Morgan fingerprint density at radius 1 is 1.17 bits per heavy atom. The Labute approximate surface area is 193 Å². The Kier molecular flexibility index (Phi) is 12.2. The summed E-state index contributed by atoms with van der Waals surface area (Å²) in [5, 5.41) is 3.41. The number of methoxy groups -OCH3 is 1. The second-order valence-electron chi connectivity index (χ2n) is 7.18. The van der Waals surface area contributed by atoms with Crippen molar-refractivity contribution in [3.63, 3.8) is 0 Å². The third-order valence-electron chi connectivity index (χ3n) is 5.47. The standard InChI is InChI=1S/C22H36N4O2.HI/c1-5-23-22(26-14-12-18(13-15-26)21(27)28-4)24-16-19-10-8-9-11-20(19)17-25(6-2)7-3;/h8-11,18H,5-7,12-17H2,1-4H3,(H,23,24);1H. The molecule has 7 heteroatoms. The highest BCUT2D eigenvalue weighted by Crippen LogP contribution is 2.19. The molecule has 0 saturated carbocycles. The predicted octanol–water partition coefficient (Wildman–Crippen LogP) is 3.50. The van der Waals surface area contributed by atoms with Gasteiger partial charge >= 0.3 is 5.97 Å². The molecule has 0 bridgehead atoms. The number of guanidine groups is 1. The summed E-state index contributed by atoms with van der Waals surface area (Å²) in [6, 6.07) is 8.58. The Balaban J connectivity index is 0.00000420. The lowest BCUT2D eigenvalue weighted by Crippen LogP contribution is -2.46. The molecule has 0 atom stereocenters. The molecule has 0 spiro atoms. The average molecular weight is 516 g/mol. The summed E-state index contributed by atoms with van der Waals surface area (Å²) >= 11 is 0. The van der Waals surface area contributed by atoms with Crippen LogP contribution in [0.5, 0.6) is 0 Å². The summed E-state index contributed by atoms with van der Waals surface area (Å²) in [5.74, 6) is 0.856. The molecular formula is C22H37IN4O2. The van der Waals surface area contributed by atoms with E-state index in [1.54, 1.807) is 0 Å². The van der Waals surface area contributed by atoms with Crippen LogP contribution in [0.1, 0.15) is 44.7 Å². The van der Waals surface area contributed by atoms with E-state index in [1.165, 1.54) is 18.2 Å². The highest BCUT2D eigenvalue weighted by atomic mass is 127. The van der Waals surface area contributed by atoms with Gasteiger partial charge in [-0.2, -0.15) is 0 Å². The molecule has 0 aromatic heterocycles. The van der Waals surface area contributed by atoms with Gasteiger partial charge in [0.15, 0.2) is 5.96 Å². The number of esters is 1. The first kappa shape index (κ1) is 25.7. The van der Waals surface area contributed by atoms with Crippen molar-refractivity contribution in [1.29, 1.82) is 0 Å². The van der Waals surface area contributed by atoms with Crippen LogP contribution in [-0.4, -0.2) is 61.6 Å². The van der Waals surface area contributed by atoms with Crippen molar-refractivity contribution in [3.05, 3.63) is 35.4 Å². The van der Waals surface area contributed by atoms with Gasteiger partial charge in [-0.25, -0.2) is 4.99 Å². The zero-order valence-electron chi connectivity index (χ0n) is 18.3. The van der Waals surface area contributed by atoms with Crippen molar-refractivity contribution in [2.45, 2.75) is 46.7 Å². The Bertz CT molecular complexity index is 641. The first-order valence-corrected chi connectivity index (χ1v) is 10.5. The molecule has 2 rings (SSSR count). The summed E-state index contributed by atoms with van der Waals surface area (Å²) < 4.78 is 4.89. The van der Waals surface area contributed by atoms with Gasteiger partial charge in [-0.3, -0.25) is 9.69 Å². The molecule has 29 heavy (non-hydrogen) atoms. The van der Waals surface area contributed by atoms with Crippen LogP contribution in [0.3, 0.4) is 0 Å². The van der Waals surface area contributed by atoms with E-state index >= 15 is 0 Å². The van der Waals surface area contributed by atoms with Crippen LogP contribution in [0.2, 0.25) is 0 Å². The predicted molar refractivity (Wildman–Crippen MR) is 130 cm³/mol. The van der Waals surface area contributed by atoms with Crippen molar-refractivity contribution in [1.82, 2.24) is 15.1 Å². The summed E-state index contributed by atoms with van der Waals surface area (Å²) in [6.45, 7) is 12.7. The molecule has 1 aromatic rings. The number of hydrogen-bond donors (Lipinski definition) is 1. The van der Waals surface area contributed by atoms with Crippen molar-refractivity contribution in [2.75, 3.05) is 39.8 Å². The van der Waals surface area contributed by atoms with Gasteiger partial charge in [-0.15, -0.1) is 24.0 Å². The lowest BCUT2D eigenvalue weighted by molar-refractivity contribution is -0.146. The molecule has 0 radical (unpaired) electrons. The van der Waals surface area contributed by atoms with E-state index in [9.17, 15) is 4.79 Å². The van der Waals surface area contributed by atoms with Crippen LogP contribution in [0, 0.1) is 5.92 Å². The monoisotopic (exact) mass is 516 g/mol. The fourth-order valence-corrected chi connectivity index (χ4v) is 3.63. The number of halogens is 1. The topological polar surface area (TPSA) is 57.2 Å². The zero-order valence-corrected chi connectivity index (χ0v) is 20.6. The largest absolute Gasteiger partial charge is 0.469 e. The molecule has 1 fully saturated rings. The highest BCUT2D eigenvalue weighted by Gasteiger charge is 2.26. The van der Waals surface area contributed by atoms with Crippen molar-refractivity contribution in [3.8, 4) is 0 Å². The Hall–Kier alpha value is -1.35. The molecule has 1 aliphatic heterocycles. The average Bonchev–Trinajstić information content (AvgIpc) is 2.75. The molecule has 0 unspecified atom stereocenters. The molecule has 0 aliphatic carbocycles. The molecule has 1 saturated heterocycles. The maximum absolute atomic E-state index is 11.8. The molecule has 0 amide bonds. The van der Waals surface area contributed by atoms with Crippen LogP contribution in [0.25, 0.3) is 0 Å². The summed E-state index contributed by atoms with van der Waals surface area (Å²) in [7, 11) is 1.47. The van der Waals surface area contributed by atoms with Crippen LogP contribution < -0.4 is 5.32 Å². The van der Waals surface area contributed by atoms with Crippen LogP contribution in [0.15, 0.2) is 29.3 Å². The molecule has 1 aromatic carbocycles. The quantitative estimate of drug-likeness (QED) is 0.248. The number of benzene rings is 1. The number of hydrogen-bond acceptors (Lipinski definition) is 4. The molecule has 6 nitrogen and oxygen atoms in total. The number of nitrogens with zero attached hydrogens (tertiary/aromatic N) is 3. The van der Waals surface area contributed by atoms with Crippen LogP contribution in [0.4, 0.5) is 0 Å². The number of carbonyl (C=O) groups excluding carboxylic acids is 1. The van der Waals surface area contributed by atoms with Gasteiger partial charge in [-0.1, -0.05) is 38.1 Å². The Morgan fingerprint density at radius 2 is 1.79 bits per heavy atom. The van der Waals surface area contributed by atoms with Crippen molar-refractivity contribution < 1.29 is 9.53 Å². The Morgan fingerprint density at radius 3 is 2.34 bits per heavy atom. The smallest absolute Gasteiger partial charge is 0.308 e. The third kappa shape index (κ3) is 7.77. The first-order chi connectivity index (χ1) is 13.6. The number of ether oxygens (including phenoxy) is 1. The van der Waals surface area contributed by atoms with Crippen LogP contribution in [-0.2, 0) is 22.6 Å². The summed E-state index contributed by atoms with van der Waals surface area (Å²) in [5.41, 5.74) is 2.62. The number of piperidine rings is 1. The first-order valence-electron chi connectivity index (χ1n) is 10.5. The van der Waals surface area contributed by atoms with E-state index in [0.717, 1.165) is 58.1 Å². The second kappa shape index (κ2) is 13.8. The fourth-order valence-electron chi connectivity index (χ4n) is 3.63. The van der Waals surface area contributed by atoms with Gasteiger partial charge in [0.2, 0.25) is 0 Å². The van der Waals surface area contributed by atoms with Gasteiger partial charge < -0.3 is 15.0 Å². The van der Waals surface area contributed by atoms with E-state index < -0.39 is 0 Å². The lowest BCUT2D eigenvalue weighted by Gasteiger charge is -2.33. The molecule has 1 N–H and O–H groups in total. The SMILES string of the molecule is CCNC(=NCc1ccccc1CN(CC)CC)N1CCC(C(=O)OC)CC1.I. The van der Waals surface area contributed by atoms with E-state index in [0.29, 0.717) is 6.54 Å². The zero-order chi connectivity index (χ0) is 20.4. The van der Waals surface area contributed by atoms with E-state index in [1.807, 2.05) is 0 Å². The number of aliphatic imine (C=N–C) groups is 1. The number of carbonyl (C=O) groups is 1. The molecule has 1 aliphatic rings. The van der Waals surface area contributed by atoms with E-state index in [-0.39, 0.29) is 35.9 Å². The number of nitrogens with one attached hydrogen (secondary N) is 1. The van der Waals surface area contributed by atoms with Gasteiger partial charge in [0.1, 0.15) is 0 Å². The normalized spacial score (nSPS) is 15.2. The van der Waals surface area contributed by atoms with E-state index in [4.69, 9.17) is 9.73 Å². The lowest BCUT2D eigenvalue weighted by atomic mass is 9.97. The van der Waals surface area contributed by atoms with Gasteiger partial charge in [0.25, 0.3) is 0 Å². The minimum absolute atomic E-state index is 0. The van der Waals surface area contributed by atoms with Crippen molar-refractivity contribution in [2.24, 2.45) is 10.9 Å². The second-order valence-corrected chi connectivity index (χ2v) is 7.18. The van der Waals surface area contributed by atoms with Gasteiger partial charge in [0.05, 0.1) is 19.6 Å². The molecule has 1 heterocycles. The van der Waals surface area contributed by atoms with Gasteiger partial charge in [-0.05, 0) is 44.0 Å². The maximum atomic E-state index is 11.8. The molecule has 164 valence electrons. The number of likely N-dealkylation sites (tertiary alicyclic amines) is 1. The molecular weight excluding hydrogens is 479 g/mol. The minimum atomic E-state index is -0.0908. The van der Waals surface area contributed by atoms with Crippen molar-refractivity contribution >= 4 is 35.9 Å². The van der Waals surface area contributed by atoms with Gasteiger partial charge in [0, 0.05) is 26.2 Å². The summed E-state index contributed by atoms with van der Waals surface area (Å²) in [6.07, 6.45) is 1.63. The minimum Gasteiger partial charge on any atom is -0.469 e. The van der Waals surface area contributed by atoms with Crippen LogP contribution >= 0.6 is 24.0 Å². The fraction of sp³-hybridized carbons (Fsp3) is 0.636. The van der Waals surface area contributed by atoms with E-state index in [2.05, 4.69) is 60.2 Å². The highest BCUT2D eigenvalue weighted by molar-refractivity contribution is 14.0. The maximum Gasteiger partial charge on any atom is 0.308 e.